The molecule has 0 bridgehead atoms. The topological polar surface area (TPSA) is 138 Å². The van der Waals surface area contributed by atoms with Gasteiger partial charge in [-0.2, -0.15) is 27.1 Å². The van der Waals surface area contributed by atoms with E-state index in [2.05, 4.69) is 35.1 Å². The normalized spacial score (nSPS) is 12.7. The van der Waals surface area contributed by atoms with Crippen LogP contribution in [-0.2, 0) is 14.7 Å². The molecular formula is C17H15F5N6O5S. The third kappa shape index (κ3) is 4.74. The van der Waals surface area contributed by atoms with Crippen molar-refractivity contribution in [3.63, 3.8) is 0 Å². The Balaban J connectivity index is 2.07. The lowest BCUT2D eigenvalue weighted by Crippen LogP contribution is -2.41. The van der Waals surface area contributed by atoms with Crippen LogP contribution >= 0.6 is 0 Å². The SMILES string of the molecule is CCS(=O)(=O)c1nn2c(C(=O)NOC)ccnc2c1-c1cnc(OCC(F)(F)C(F)(F)F)cn1. The molecule has 0 saturated heterocycles. The minimum absolute atomic E-state index is 0.123. The highest BCUT2D eigenvalue weighted by Gasteiger charge is 2.58. The standard InChI is InChI=1S/C17H15F5N6O5S/c1-3-34(30,31)15-12(13-23-5-4-10(28(13)26-15)14(29)27-32-2)9-6-25-11(7-24-9)33-8-16(18,19)17(20,21)22/h4-7H,3,8H2,1-2H3,(H,27,29). The average Bonchev–Trinajstić information content (AvgIpc) is 3.18. The van der Waals surface area contributed by atoms with E-state index in [1.54, 1.807) is 0 Å². The second-order valence-corrected chi connectivity index (χ2v) is 8.71. The molecule has 0 aliphatic rings. The highest BCUT2D eigenvalue weighted by molar-refractivity contribution is 7.91. The van der Waals surface area contributed by atoms with E-state index in [-0.39, 0.29) is 28.4 Å². The van der Waals surface area contributed by atoms with Gasteiger partial charge >= 0.3 is 12.1 Å². The van der Waals surface area contributed by atoms with Crippen molar-refractivity contribution in [2.75, 3.05) is 19.5 Å². The van der Waals surface area contributed by atoms with E-state index in [4.69, 9.17) is 0 Å². The smallest absolute Gasteiger partial charge is 0.456 e. The molecule has 3 heterocycles. The summed E-state index contributed by atoms with van der Waals surface area (Å²) in [6.07, 6.45) is -3.01. The highest BCUT2D eigenvalue weighted by atomic mass is 32.2. The molecule has 0 atom stereocenters. The van der Waals surface area contributed by atoms with Crippen LogP contribution in [0, 0.1) is 0 Å². The number of hydrogen-bond donors (Lipinski definition) is 1. The van der Waals surface area contributed by atoms with E-state index >= 15 is 0 Å². The van der Waals surface area contributed by atoms with Crippen LogP contribution in [0.3, 0.4) is 0 Å². The van der Waals surface area contributed by atoms with E-state index in [1.807, 2.05) is 0 Å². The van der Waals surface area contributed by atoms with Gasteiger partial charge in [0.05, 0.1) is 36.5 Å². The molecule has 0 aromatic carbocycles. The summed E-state index contributed by atoms with van der Waals surface area (Å²) in [5.74, 6) is -6.95. The molecule has 3 aromatic heterocycles. The molecule has 0 saturated carbocycles. The number of sulfone groups is 1. The summed E-state index contributed by atoms with van der Waals surface area (Å²) in [5, 5.41) is 3.47. The van der Waals surface area contributed by atoms with Crippen molar-refractivity contribution in [2.24, 2.45) is 0 Å². The number of nitrogens with one attached hydrogen (secondary N) is 1. The van der Waals surface area contributed by atoms with Crippen LogP contribution in [0.5, 0.6) is 5.88 Å². The second-order valence-electron chi connectivity index (χ2n) is 6.52. The van der Waals surface area contributed by atoms with Gasteiger partial charge in [-0.15, -0.1) is 0 Å². The van der Waals surface area contributed by atoms with Crippen LogP contribution in [-0.4, -0.2) is 70.5 Å². The van der Waals surface area contributed by atoms with Gasteiger partial charge in [-0.05, 0) is 6.07 Å². The number of carbonyl (C=O) groups excluding carboxylic acids is 1. The first-order valence-corrected chi connectivity index (χ1v) is 10.8. The molecule has 0 aliphatic carbocycles. The van der Waals surface area contributed by atoms with Gasteiger partial charge < -0.3 is 4.74 Å². The van der Waals surface area contributed by atoms with Gasteiger partial charge in [0.15, 0.2) is 27.1 Å². The van der Waals surface area contributed by atoms with Crippen molar-refractivity contribution in [1.82, 2.24) is 30.0 Å². The molecule has 3 aromatic rings. The fourth-order valence-electron chi connectivity index (χ4n) is 2.59. The predicted molar refractivity (Wildman–Crippen MR) is 103 cm³/mol. The Morgan fingerprint density at radius 1 is 1.15 bits per heavy atom. The van der Waals surface area contributed by atoms with Gasteiger partial charge in [0.1, 0.15) is 5.69 Å². The van der Waals surface area contributed by atoms with Crippen molar-refractivity contribution in [1.29, 1.82) is 0 Å². The molecule has 0 radical (unpaired) electrons. The van der Waals surface area contributed by atoms with Crippen LogP contribution in [0.1, 0.15) is 17.4 Å². The molecule has 0 spiro atoms. The van der Waals surface area contributed by atoms with Crippen LogP contribution in [0.15, 0.2) is 29.7 Å². The average molecular weight is 510 g/mol. The Hall–Kier alpha value is -3.47. The third-order valence-electron chi connectivity index (χ3n) is 4.29. The zero-order chi connectivity index (χ0) is 25.3. The highest BCUT2D eigenvalue weighted by Crippen LogP contribution is 2.36. The fourth-order valence-corrected chi connectivity index (χ4v) is 3.57. The van der Waals surface area contributed by atoms with E-state index in [0.29, 0.717) is 0 Å². The minimum Gasteiger partial charge on any atom is -0.470 e. The summed E-state index contributed by atoms with van der Waals surface area (Å²) in [5.41, 5.74) is 1.44. The summed E-state index contributed by atoms with van der Waals surface area (Å²) >= 11 is 0. The van der Waals surface area contributed by atoms with Gasteiger partial charge in [0.25, 0.3) is 5.91 Å². The zero-order valence-corrected chi connectivity index (χ0v) is 18.1. The maximum Gasteiger partial charge on any atom is 0.456 e. The van der Waals surface area contributed by atoms with Crippen LogP contribution < -0.4 is 10.2 Å². The van der Waals surface area contributed by atoms with E-state index in [9.17, 15) is 35.2 Å². The van der Waals surface area contributed by atoms with Gasteiger partial charge in [-0.3, -0.25) is 9.63 Å². The number of ether oxygens (including phenoxy) is 1. The van der Waals surface area contributed by atoms with Gasteiger partial charge in [0.2, 0.25) is 5.88 Å². The van der Waals surface area contributed by atoms with Gasteiger partial charge in [-0.25, -0.2) is 33.4 Å². The lowest BCUT2D eigenvalue weighted by Gasteiger charge is -2.19. The molecule has 0 fully saturated rings. The van der Waals surface area contributed by atoms with Crippen LogP contribution in [0.4, 0.5) is 22.0 Å². The number of carbonyl (C=O) groups is 1. The predicted octanol–water partition coefficient (Wildman–Crippen LogP) is 1.85. The van der Waals surface area contributed by atoms with Gasteiger partial charge in [0, 0.05) is 6.20 Å². The number of hydroxylamine groups is 1. The Labute approximate surface area is 187 Å². The van der Waals surface area contributed by atoms with E-state index in [1.165, 1.54) is 26.3 Å². The lowest BCUT2D eigenvalue weighted by molar-refractivity contribution is -0.290. The first kappa shape index (κ1) is 25.2. The largest absolute Gasteiger partial charge is 0.470 e. The summed E-state index contributed by atoms with van der Waals surface area (Å²) in [4.78, 5) is 28.3. The maximum absolute atomic E-state index is 13.0. The number of halogens is 5. The monoisotopic (exact) mass is 510 g/mol. The number of fused-ring (bicyclic) bond motifs is 1. The number of hydrogen-bond acceptors (Lipinski definition) is 9. The molecule has 0 unspecified atom stereocenters. The first-order valence-electron chi connectivity index (χ1n) is 9.16. The van der Waals surface area contributed by atoms with E-state index in [0.717, 1.165) is 16.9 Å². The number of alkyl halides is 5. The first-order chi connectivity index (χ1) is 15.8. The van der Waals surface area contributed by atoms with E-state index < -0.39 is 45.4 Å². The molecule has 17 heteroatoms. The number of amides is 1. The lowest BCUT2D eigenvalue weighted by atomic mass is 10.2. The Morgan fingerprint density at radius 3 is 2.41 bits per heavy atom. The summed E-state index contributed by atoms with van der Waals surface area (Å²) < 4.78 is 93.6. The van der Waals surface area contributed by atoms with Crippen molar-refractivity contribution < 1.29 is 44.7 Å². The van der Waals surface area contributed by atoms with Crippen LogP contribution in [0.25, 0.3) is 16.9 Å². The Bertz CT molecular complexity index is 1310. The van der Waals surface area contributed by atoms with Crippen molar-refractivity contribution in [3.8, 4) is 17.1 Å². The maximum atomic E-state index is 13.0. The van der Waals surface area contributed by atoms with Gasteiger partial charge in [-0.1, -0.05) is 6.92 Å². The quantitative estimate of drug-likeness (QED) is 0.355. The molecule has 3 rings (SSSR count). The number of rotatable bonds is 8. The molecule has 11 nitrogen and oxygen atoms in total. The molecule has 34 heavy (non-hydrogen) atoms. The van der Waals surface area contributed by atoms with Crippen LogP contribution in [0.2, 0.25) is 0 Å². The number of nitrogens with zero attached hydrogens (tertiary/aromatic N) is 5. The molecule has 1 amide bonds. The summed E-state index contributed by atoms with van der Waals surface area (Å²) in [7, 11) is -2.83. The van der Waals surface area contributed by atoms with Crippen molar-refractivity contribution in [2.45, 2.75) is 24.0 Å². The van der Waals surface area contributed by atoms with Crippen molar-refractivity contribution >= 4 is 21.4 Å². The minimum atomic E-state index is -5.82. The fraction of sp³-hybridized carbons (Fsp3) is 0.353. The third-order valence-corrected chi connectivity index (χ3v) is 5.92. The molecule has 184 valence electrons. The molecular weight excluding hydrogens is 495 g/mol. The molecule has 0 aliphatic heterocycles. The number of aromatic nitrogens is 5. The Morgan fingerprint density at radius 2 is 1.85 bits per heavy atom. The van der Waals surface area contributed by atoms with Crippen molar-refractivity contribution in [3.05, 3.63) is 30.4 Å². The summed E-state index contributed by atoms with van der Waals surface area (Å²) in [6.45, 7) is -0.686. The molecule has 1 N–H and O–H groups in total. The zero-order valence-electron chi connectivity index (χ0n) is 17.3. The summed E-state index contributed by atoms with van der Waals surface area (Å²) in [6, 6.07) is 1.24. The Kier molecular flexibility index (Phi) is 6.70. The second kappa shape index (κ2) is 9.05.